The van der Waals surface area contributed by atoms with Crippen LogP contribution in [0.15, 0.2) is 36.8 Å². The van der Waals surface area contributed by atoms with E-state index in [1.807, 2.05) is 0 Å². The molecule has 11 heteroatoms. The first-order valence-corrected chi connectivity index (χ1v) is 8.56. The molecule has 0 spiro atoms. The van der Waals surface area contributed by atoms with Gasteiger partial charge in [-0.1, -0.05) is 12.1 Å². The van der Waals surface area contributed by atoms with E-state index < -0.39 is 11.7 Å². The van der Waals surface area contributed by atoms with Crippen molar-refractivity contribution in [3.8, 4) is 22.5 Å². The summed E-state index contributed by atoms with van der Waals surface area (Å²) in [6, 6.07) is 4.84. The van der Waals surface area contributed by atoms with Gasteiger partial charge in [0.25, 0.3) is 0 Å². The normalized spacial score (nSPS) is 11.9. The summed E-state index contributed by atoms with van der Waals surface area (Å²) in [5.74, 6) is 0.792. The minimum Gasteiger partial charge on any atom is -0.388 e. The summed E-state index contributed by atoms with van der Waals surface area (Å²) in [6.45, 7) is -0.350. The zero-order chi connectivity index (χ0) is 20.8. The fraction of sp³-hybridized carbons (Fsp3) is 0.222. The van der Waals surface area contributed by atoms with Crippen LogP contribution in [0, 0.1) is 0 Å². The average Bonchev–Trinajstić information content (AvgIpc) is 3.27. The fourth-order valence-electron chi connectivity index (χ4n) is 3.24. The SMILES string of the molecule is CNc1ncnn2c(CO)nc(-c3cnn(C)c3-c3ccc(C(F)(F)F)cc3)c12. The fourth-order valence-corrected chi connectivity index (χ4v) is 3.24. The number of fused-ring (bicyclic) bond motifs is 1. The standard InChI is InChI=1S/C18H16F3N7O/c1-22-17-16-14(26-13(8-29)28(16)25-9-23-17)12-7-24-27(2)15(12)10-3-5-11(6-4-10)18(19,20)21/h3-7,9,29H,8H2,1-2H3,(H,22,23,25). The Morgan fingerprint density at radius 1 is 1.14 bits per heavy atom. The Labute approximate surface area is 162 Å². The molecular weight excluding hydrogens is 387 g/mol. The van der Waals surface area contributed by atoms with Crippen molar-refractivity contribution in [2.75, 3.05) is 12.4 Å². The predicted octanol–water partition coefficient (Wildman–Crippen LogP) is 2.74. The average molecular weight is 403 g/mol. The highest BCUT2D eigenvalue weighted by Crippen LogP contribution is 2.37. The number of rotatable bonds is 4. The number of nitrogens with one attached hydrogen (secondary N) is 1. The number of benzene rings is 1. The summed E-state index contributed by atoms with van der Waals surface area (Å²) < 4.78 is 41.8. The van der Waals surface area contributed by atoms with E-state index in [2.05, 4.69) is 25.5 Å². The molecule has 0 aliphatic rings. The lowest BCUT2D eigenvalue weighted by Gasteiger charge is -2.10. The molecule has 1 aromatic carbocycles. The summed E-state index contributed by atoms with van der Waals surface area (Å²) >= 11 is 0. The minimum atomic E-state index is -4.41. The largest absolute Gasteiger partial charge is 0.416 e. The van der Waals surface area contributed by atoms with E-state index in [0.29, 0.717) is 39.7 Å². The number of anilines is 1. The first-order chi connectivity index (χ1) is 13.8. The zero-order valence-electron chi connectivity index (χ0n) is 15.4. The molecule has 0 amide bonds. The molecule has 0 aliphatic heterocycles. The lowest BCUT2D eigenvalue weighted by atomic mass is 10.0. The first-order valence-electron chi connectivity index (χ1n) is 8.56. The smallest absolute Gasteiger partial charge is 0.388 e. The van der Waals surface area contributed by atoms with Crippen molar-refractivity contribution in [3.05, 3.63) is 48.2 Å². The molecule has 0 radical (unpaired) electrons. The molecule has 0 fully saturated rings. The number of imidazole rings is 1. The first kappa shape index (κ1) is 18.9. The van der Waals surface area contributed by atoms with Gasteiger partial charge in [0.15, 0.2) is 11.6 Å². The molecule has 0 saturated carbocycles. The van der Waals surface area contributed by atoms with Crippen LogP contribution in [0.5, 0.6) is 0 Å². The van der Waals surface area contributed by atoms with Crippen LogP contribution in [-0.2, 0) is 19.8 Å². The third-order valence-corrected chi connectivity index (χ3v) is 4.56. The highest BCUT2D eigenvalue weighted by molar-refractivity contribution is 5.91. The van der Waals surface area contributed by atoms with Crippen molar-refractivity contribution in [1.82, 2.24) is 29.4 Å². The Morgan fingerprint density at radius 2 is 1.86 bits per heavy atom. The van der Waals surface area contributed by atoms with Gasteiger partial charge in [-0.3, -0.25) is 4.68 Å². The number of aryl methyl sites for hydroxylation is 1. The van der Waals surface area contributed by atoms with Gasteiger partial charge >= 0.3 is 6.18 Å². The van der Waals surface area contributed by atoms with Crippen molar-refractivity contribution in [2.45, 2.75) is 12.8 Å². The second kappa shape index (κ2) is 6.85. The van der Waals surface area contributed by atoms with Crippen LogP contribution in [-0.4, -0.2) is 41.5 Å². The van der Waals surface area contributed by atoms with Crippen molar-refractivity contribution in [1.29, 1.82) is 0 Å². The van der Waals surface area contributed by atoms with Crippen LogP contribution in [0.3, 0.4) is 0 Å². The van der Waals surface area contributed by atoms with E-state index in [1.54, 1.807) is 25.0 Å². The molecule has 150 valence electrons. The van der Waals surface area contributed by atoms with Crippen LogP contribution < -0.4 is 5.32 Å². The Kier molecular flexibility index (Phi) is 4.46. The number of hydrogen-bond acceptors (Lipinski definition) is 6. The van der Waals surface area contributed by atoms with Gasteiger partial charge in [0.1, 0.15) is 24.1 Å². The van der Waals surface area contributed by atoms with E-state index in [-0.39, 0.29) is 6.61 Å². The quantitative estimate of drug-likeness (QED) is 0.544. The van der Waals surface area contributed by atoms with E-state index in [1.165, 1.54) is 23.0 Å². The third kappa shape index (κ3) is 3.09. The van der Waals surface area contributed by atoms with Gasteiger partial charge in [-0.05, 0) is 12.1 Å². The van der Waals surface area contributed by atoms with Gasteiger partial charge in [0.05, 0.1) is 17.5 Å². The number of nitrogens with zero attached hydrogens (tertiary/aromatic N) is 6. The van der Waals surface area contributed by atoms with Crippen molar-refractivity contribution in [3.63, 3.8) is 0 Å². The molecule has 0 aliphatic carbocycles. The topological polar surface area (TPSA) is 93.2 Å². The summed E-state index contributed by atoms with van der Waals surface area (Å²) in [5.41, 5.74) is 1.96. The molecule has 3 aromatic heterocycles. The van der Waals surface area contributed by atoms with Crippen LogP contribution in [0.2, 0.25) is 0 Å². The molecule has 0 bridgehead atoms. The number of aliphatic hydroxyl groups is 1. The van der Waals surface area contributed by atoms with Gasteiger partial charge < -0.3 is 10.4 Å². The van der Waals surface area contributed by atoms with Crippen LogP contribution in [0.1, 0.15) is 11.4 Å². The Morgan fingerprint density at radius 3 is 2.48 bits per heavy atom. The van der Waals surface area contributed by atoms with Gasteiger partial charge in [0.2, 0.25) is 0 Å². The number of halogens is 3. The number of hydrogen-bond donors (Lipinski definition) is 2. The highest BCUT2D eigenvalue weighted by Gasteiger charge is 2.30. The molecule has 2 N–H and O–H groups in total. The zero-order valence-corrected chi connectivity index (χ0v) is 15.4. The lowest BCUT2D eigenvalue weighted by molar-refractivity contribution is -0.137. The molecule has 0 atom stereocenters. The Balaban J connectivity index is 1.93. The van der Waals surface area contributed by atoms with Gasteiger partial charge in [-0.15, -0.1) is 0 Å². The lowest BCUT2D eigenvalue weighted by Crippen LogP contribution is -2.04. The maximum Gasteiger partial charge on any atom is 0.416 e. The van der Waals surface area contributed by atoms with Crippen LogP contribution in [0.25, 0.3) is 28.0 Å². The van der Waals surface area contributed by atoms with Gasteiger partial charge in [0, 0.05) is 25.2 Å². The van der Waals surface area contributed by atoms with Gasteiger partial charge in [-0.2, -0.15) is 23.4 Å². The van der Waals surface area contributed by atoms with Crippen molar-refractivity contribution >= 4 is 11.3 Å². The van der Waals surface area contributed by atoms with E-state index in [0.717, 1.165) is 12.1 Å². The summed E-state index contributed by atoms with van der Waals surface area (Å²) in [4.78, 5) is 8.67. The molecule has 4 rings (SSSR count). The molecule has 0 saturated heterocycles. The molecule has 3 heterocycles. The van der Waals surface area contributed by atoms with Crippen molar-refractivity contribution in [2.24, 2.45) is 7.05 Å². The molecular formula is C18H16F3N7O. The molecule has 29 heavy (non-hydrogen) atoms. The maximum absolute atomic E-state index is 12.9. The predicted molar refractivity (Wildman–Crippen MR) is 98.9 cm³/mol. The highest BCUT2D eigenvalue weighted by atomic mass is 19.4. The Bertz CT molecular complexity index is 1180. The second-order valence-corrected chi connectivity index (χ2v) is 6.26. The monoisotopic (exact) mass is 403 g/mol. The molecule has 4 aromatic rings. The second-order valence-electron chi connectivity index (χ2n) is 6.26. The summed E-state index contributed by atoms with van der Waals surface area (Å²) in [7, 11) is 3.38. The molecule has 8 nitrogen and oxygen atoms in total. The summed E-state index contributed by atoms with van der Waals surface area (Å²) in [5, 5.41) is 21.0. The van der Waals surface area contributed by atoms with Crippen LogP contribution in [0.4, 0.5) is 19.0 Å². The summed E-state index contributed by atoms with van der Waals surface area (Å²) in [6.07, 6.45) is -1.50. The Hall–Kier alpha value is -3.47. The van der Waals surface area contributed by atoms with E-state index in [9.17, 15) is 18.3 Å². The minimum absolute atomic E-state index is 0.302. The molecule has 0 unspecified atom stereocenters. The van der Waals surface area contributed by atoms with Crippen LogP contribution >= 0.6 is 0 Å². The number of aliphatic hydroxyl groups excluding tert-OH is 1. The third-order valence-electron chi connectivity index (χ3n) is 4.56. The number of aromatic nitrogens is 6. The van der Waals surface area contributed by atoms with E-state index >= 15 is 0 Å². The number of alkyl halides is 3. The van der Waals surface area contributed by atoms with E-state index in [4.69, 9.17) is 0 Å². The van der Waals surface area contributed by atoms with Gasteiger partial charge in [-0.25, -0.2) is 14.5 Å². The van der Waals surface area contributed by atoms with Crippen molar-refractivity contribution < 1.29 is 18.3 Å². The maximum atomic E-state index is 12.9.